The smallest absolute Gasteiger partial charge is 0.333 e. The Morgan fingerprint density at radius 2 is 1.46 bits per heavy atom. The second kappa shape index (κ2) is 8.08. The normalized spacial score (nSPS) is 19.0. The fraction of sp³-hybridized carbons (Fsp3) is 0.276. The Morgan fingerprint density at radius 3 is 2.17 bits per heavy atom. The number of hydrogen-bond donors (Lipinski definition) is 0. The molecule has 2 aromatic carbocycles. The van der Waals surface area contributed by atoms with E-state index in [1.54, 1.807) is 0 Å². The van der Waals surface area contributed by atoms with Gasteiger partial charge in [0.05, 0.1) is 0 Å². The van der Waals surface area contributed by atoms with Crippen molar-refractivity contribution in [3.05, 3.63) is 76.9 Å². The van der Waals surface area contributed by atoms with Gasteiger partial charge in [-0.3, -0.25) is 19.4 Å². The molecular weight excluding hydrogens is 438 g/mol. The predicted octanol–water partition coefficient (Wildman–Crippen LogP) is 5.44. The second-order valence-electron chi connectivity index (χ2n) is 10.3. The maximum atomic E-state index is 12.9. The average molecular weight is 468 g/mol. The molecule has 1 aliphatic heterocycles. The first kappa shape index (κ1) is 22.8. The zero-order valence-electron chi connectivity index (χ0n) is 20.8. The Bertz CT molecular complexity index is 1490. The lowest BCUT2D eigenvalue weighted by molar-refractivity contribution is -0.134. The molecule has 1 fully saturated rings. The van der Waals surface area contributed by atoms with E-state index in [1.807, 2.05) is 6.08 Å². The van der Waals surface area contributed by atoms with Crippen LogP contribution in [0.3, 0.4) is 0 Å². The van der Waals surface area contributed by atoms with Gasteiger partial charge in [-0.05, 0) is 53.2 Å². The first-order valence-corrected chi connectivity index (χ1v) is 11.8. The number of nitrogens with zero attached hydrogens (tertiary/aromatic N) is 3. The van der Waals surface area contributed by atoms with Gasteiger partial charge in [-0.2, -0.15) is 0 Å². The summed E-state index contributed by atoms with van der Waals surface area (Å²) in [5.41, 5.74) is 5.16. The largest absolute Gasteiger partial charge is 0.344 e. The molecule has 5 rings (SSSR count). The number of carbonyl (C=O) groups excluding carboxylic acids is 3. The summed E-state index contributed by atoms with van der Waals surface area (Å²) in [4.78, 5) is 39.9. The summed E-state index contributed by atoms with van der Waals surface area (Å²) >= 11 is 0. The van der Waals surface area contributed by atoms with Gasteiger partial charge in [0.2, 0.25) is 0 Å². The van der Waals surface area contributed by atoms with Gasteiger partial charge in [-0.25, -0.2) is 4.79 Å². The molecule has 1 aromatic heterocycles. The zero-order valence-corrected chi connectivity index (χ0v) is 20.8. The lowest BCUT2D eigenvalue weighted by Gasteiger charge is -2.34. The molecule has 6 heteroatoms. The number of likely N-dealkylation sites (N-methyl/N-ethyl adjacent to an activating group) is 2. The standard InChI is InChI=1S/C29H29N3O3/c1-29(2)16-19(14-20(17-29)25-26(33)31(4)28(35)32(5)27(25)34)11-10-18-12-13-24-22(15-18)21-8-6-7-9-23(21)30(24)3/h6-15H,16-17H2,1-5H3/b11-10+. The number of urea groups is 1. The fourth-order valence-corrected chi connectivity index (χ4v) is 5.32. The molecule has 0 unspecified atom stereocenters. The first-order valence-electron chi connectivity index (χ1n) is 11.8. The van der Waals surface area contributed by atoms with Crippen LogP contribution in [0.4, 0.5) is 4.79 Å². The van der Waals surface area contributed by atoms with Gasteiger partial charge in [0, 0.05) is 42.9 Å². The molecule has 35 heavy (non-hydrogen) atoms. The van der Waals surface area contributed by atoms with Crippen LogP contribution in [0.5, 0.6) is 0 Å². The van der Waals surface area contributed by atoms with E-state index in [0.29, 0.717) is 12.0 Å². The lowest BCUT2D eigenvalue weighted by atomic mass is 9.73. The van der Waals surface area contributed by atoms with Crippen LogP contribution in [-0.2, 0) is 16.6 Å². The number of hydrogen-bond acceptors (Lipinski definition) is 3. The zero-order chi connectivity index (χ0) is 25.1. The molecule has 6 nitrogen and oxygen atoms in total. The van der Waals surface area contributed by atoms with Crippen LogP contribution >= 0.6 is 0 Å². The van der Waals surface area contributed by atoms with Gasteiger partial charge < -0.3 is 4.57 Å². The number of amides is 4. The van der Waals surface area contributed by atoms with Gasteiger partial charge in [0.15, 0.2) is 0 Å². The number of benzene rings is 2. The molecule has 0 saturated carbocycles. The quantitative estimate of drug-likeness (QED) is 0.373. The maximum absolute atomic E-state index is 12.9. The van der Waals surface area contributed by atoms with E-state index >= 15 is 0 Å². The average Bonchev–Trinajstić information content (AvgIpc) is 3.11. The number of aryl methyl sites for hydroxylation is 1. The van der Waals surface area contributed by atoms with Crippen LogP contribution in [0.15, 0.2) is 71.3 Å². The molecule has 4 amide bonds. The van der Waals surface area contributed by atoms with Crippen LogP contribution in [0.2, 0.25) is 0 Å². The first-order chi connectivity index (χ1) is 16.6. The third kappa shape index (κ3) is 3.79. The number of rotatable bonds is 2. The topological polar surface area (TPSA) is 62.6 Å². The summed E-state index contributed by atoms with van der Waals surface area (Å²) in [5, 5.41) is 2.43. The summed E-state index contributed by atoms with van der Waals surface area (Å²) in [6, 6.07) is 14.2. The summed E-state index contributed by atoms with van der Waals surface area (Å²) in [7, 11) is 4.91. The van der Waals surface area contributed by atoms with E-state index < -0.39 is 17.8 Å². The minimum absolute atomic E-state index is 0.0884. The van der Waals surface area contributed by atoms with Crippen molar-refractivity contribution >= 4 is 45.7 Å². The minimum atomic E-state index is -0.604. The molecule has 3 aromatic rings. The van der Waals surface area contributed by atoms with Crippen molar-refractivity contribution in [2.24, 2.45) is 12.5 Å². The van der Waals surface area contributed by atoms with E-state index in [2.05, 4.69) is 80.1 Å². The van der Waals surface area contributed by atoms with Gasteiger partial charge in [0.1, 0.15) is 5.57 Å². The summed E-state index contributed by atoms with van der Waals surface area (Å²) in [5.74, 6) is -1.07. The summed E-state index contributed by atoms with van der Waals surface area (Å²) in [6.45, 7) is 4.26. The number of fused-ring (bicyclic) bond motifs is 3. The maximum Gasteiger partial charge on any atom is 0.333 e. The van der Waals surface area contributed by atoms with Crippen molar-refractivity contribution in [2.45, 2.75) is 26.7 Å². The monoisotopic (exact) mass is 467 g/mol. The summed E-state index contributed by atoms with van der Waals surface area (Å²) < 4.78 is 2.21. The molecule has 0 bridgehead atoms. The molecule has 0 radical (unpaired) electrons. The van der Waals surface area contributed by atoms with E-state index in [-0.39, 0.29) is 11.0 Å². The minimum Gasteiger partial charge on any atom is -0.344 e. The van der Waals surface area contributed by atoms with Crippen LogP contribution < -0.4 is 0 Å². The van der Waals surface area contributed by atoms with Crippen LogP contribution in [0.25, 0.3) is 27.9 Å². The fourth-order valence-electron chi connectivity index (χ4n) is 5.32. The molecule has 1 saturated heterocycles. The van der Waals surface area contributed by atoms with Gasteiger partial charge >= 0.3 is 6.03 Å². The number of aromatic nitrogens is 1. The summed E-state index contributed by atoms with van der Waals surface area (Å²) in [6.07, 6.45) is 7.52. The molecule has 0 N–H and O–H groups in total. The Kier molecular flexibility index (Phi) is 5.28. The number of barbiturate groups is 1. The third-order valence-corrected chi connectivity index (χ3v) is 7.07. The Hall–Kier alpha value is -3.93. The predicted molar refractivity (Wildman–Crippen MR) is 139 cm³/mol. The van der Waals surface area contributed by atoms with Crippen LogP contribution in [0.1, 0.15) is 32.3 Å². The highest BCUT2D eigenvalue weighted by atomic mass is 16.2. The van der Waals surface area contributed by atoms with Gasteiger partial charge in [-0.1, -0.05) is 56.3 Å². The van der Waals surface area contributed by atoms with Crippen LogP contribution in [0, 0.1) is 5.41 Å². The number of carbonyl (C=O) groups is 3. The third-order valence-electron chi connectivity index (χ3n) is 7.07. The van der Waals surface area contributed by atoms with Crippen molar-refractivity contribution in [3.8, 4) is 0 Å². The van der Waals surface area contributed by atoms with Crippen molar-refractivity contribution in [1.82, 2.24) is 14.4 Å². The van der Waals surface area contributed by atoms with Gasteiger partial charge in [-0.15, -0.1) is 0 Å². The molecule has 0 spiro atoms. The van der Waals surface area contributed by atoms with Gasteiger partial charge in [0.25, 0.3) is 11.8 Å². The molecular formula is C29H29N3O3. The van der Waals surface area contributed by atoms with Crippen molar-refractivity contribution < 1.29 is 14.4 Å². The van der Waals surface area contributed by atoms with Crippen LogP contribution in [-0.4, -0.2) is 46.3 Å². The van der Waals surface area contributed by atoms with Crippen molar-refractivity contribution in [2.75, 3.05) is 14.1 Å². The Morgan fingerprint density at radius 1 is 0.800 bits per heavy atom. The highest BCUT2D eigenvalue weighted by Crippen LogP contribution is 2.40. The number of para-hydroxylation sites is 1. The van der Waals surface area contributed by atoms with E-state index in [9.17, 15) is 14.4 Å². The molecule has 2 aliphatic rings. The molecule has 2 heterocycles. The Labute approximate surface area is 204 Å². The molecule has 178 valence electrons. The number of imide groups is 2. The van der Waals surface area contributed by atoms with Crippen molar-refractivity contribution in [1.29, 1.82) is 0 Å². The second-order valence-corrected chi connectivity index (χ2v) is 10.3. The highest BCUT2D eigenvalue weighted by Gasteiger charge is 2.41. The SMILES string of the molecule is CN1C(=O)C(=C2C=C(/C=C/c3ccc4c(c3)c3ccccc3n4C)CC(C)(C)C2)C(=O)N(C)C1=O. The van der Waals surface area contributed by atoms with E-state index in [0.717, 1.165) is 27.4 Å². The molecule has 0 atom stereocenters. The number of allylic oxidation sites excluding steroid dienone is 4. The lowest BCUT2D eigenvalue weighted by Crippen LogP contribution is -2.53. The van der Waals surface area contributed by atoms with Crippen molar-refractivity contribution in [3.63, 3.8) is 0 Å². The Balaban J connectivity index is 1.55. The highest BCUT2D eigenvalue weighted by molar-refractivity contribution is 6.29. The van der Waals surface area contributed by atoms with E-state index in [1.165, 1.54) is 35.9 Å². The molecule has 1 aliphatic carbocycles. The van der Waals surface area contributed by atoms with E-state index in [4.69, 9.17) is 0 Å².